The summed E-state index contributed by atoms with van der Waals surface area (Å²) < 4.78 is 52.1. The monoisotopic (exact) mass is 916 g/mol. The van der Waals surface area contributed by atoms with Crippen LogP contribution in [0.25, 0.3) is 22.0 Å². The van der Waals surface area contributed by atoms with Crippen molar-refractivity contribution in [3.05, 3.63) is 141 Å². The lowest BCUT2D eigenvalue weighted by Crippen LogP contribution is -2.29. The van der Waals surface area contributed by atoms with E-state index >= 15 is 0 Å². The second kappa shape index (κ2) is 17.6. The van der Waals surface area contributed by atoms with Gasteiger partial charge in [-0.15, -0.1) is 8.67 Å². The number of ether oxygens (including phenoxy) is 1. The van der Waals surface area contributed by atoms with Crippen LogP contribution >= 0.6 is 35.7 Å². The number of hydrogen-bond acceptors (Lipinski definition) is 19. The SMILES string of the molecule is Cn1c(=O)c(C(=O)c2ccccc2)c2c3c(c(Nc4cc(Nc5nc(Cl)nc(Oc6ccc(SOOO)cc6)n5)c(S(=O)(=O)O)cc4SOOO)ccc31)C(=O)c1ccccc1-2. The Hall–Kier alpha value is -6.28. The molecule has 0 saturated heterocycles. The molecular weight excluding hydrogens is 892 g/mol. The molecule has 8 rings (SSSR count). The van der Waals surface area contributed by atoms with Crippen LogP contribution in [0.4, 0.5) is 23.0 Å². The first-order valence-electron chi connectivity index (χ1n) is 17.5. The van der Waals surface area contributed by atoms with Crippen LogP contribution < -0.4 is 20.9 Å². The molecule has 5 N–H and O–H groups in total. The van der Waals surface area contributed by atoms with Gasteiger partial charge in [0.25, 0.3) is 15.7 Å². The third-order valence-electron chi connectivity index (χ3n) is 9.31. The van der Waals surface area contributed by atoms with Crippen LogP contribution in [0.3, 0.4) is 0 Å². The number of ketones is 2. The van der Waals surface area contributed by atoms with Gasteiger partial charge in [-0.2, -0.15) is 23.4 Å². The molecule has 5 aromatic carbocycles. The van der Waals surface area contributed by atoms with E-state index in [0.29, 0.717) is 40.1 Å². The van der Waals surface area contributed by atoms with Crippen LogP contribution in [-0.4, -0.2) is 54.6 Å². The number of aromatic nitrogens is 4. The zero-order valence-corrected chi connectivity index (χ0v) is 34.3. The normalized spacial score (nSPS) is 12.0. The fraction of sp³-hybridized carbons (Fsp3) is 0.0256. The molecule has 0 radical (unpaired) electrons. The number of carbonyl (C=O) groups is 2. The standard InChI is InChI=1S/C39H25ClN6O13S3/c1-46-27-16-15-24(31-32(27)30(22-9-5-6-10-23(22)35(31)48)33(36(46)49)34(47)19-7-3-2-4-8-19)41-25-17-26(29(62(52,53)54)18-28(25)61-59-57-51)42-38-43-37(40)44-39(45-38)55-20-11-13-21(14-12-20)60-58-56-50/h2-18,41,50-51H,1H3,(H,52,53,54)(H,42,43,44,45). The van der Waals surface area contributed by atoms with E-state index in [9.17, 15) is 27.4 Å². The third kappa shape index (κ3) is 8.35. The van der Waals surface area contributed by atoms with Gasteiger partial charge in [-0.1, -0.05) is 64.7 Å². The Labute approximate surface area is 362 Å². The van der Waals surface area contributed by atoms with Gasteiger partial charge in [0.05, 0.1) is 62.7 Å². The molecule has 1 aliphatic carbocycles. The van der Waals surface area contributed by atoms with E-state index in [0.717, 1.165) is 6.07 Å². The summed E-state index contributed by atoms with van der Waals surface area (Å²) in [6.07, 6.45) is 0. The topological polar surface area (TPSA) is 260 Å². The largest absolute Gasteiger partial charge is 0.424 e. The van der Waals surface area contributed by atoms with Crippen molar-refractivity contribution in [2.24, 2.45) is 7.05 Å². The van der Waals surface area contributed by atoms with Crippen molar-refractivity contribution >= 4 is 91.3 Å². The quantitative estimate of drug-likeness (QED) is 0.0213. The smallest absolute Gasteiger partial charge is 0.328 e. The highest BCUT2D eigenvalue weighted by molar-refractivity contribution is 7.95. The molecule has 0 atom stereocenters. The number of halogens is 1. The molecule has 0 saturated carbocycles. The fourth-order valence-electron chi connectivity index (χ4n) is 6.73. The number of hydrogen-bond donors (Lipinski definition) is 5. The molecule has 0 fully saturated rings. The van der Waals surface area contributed by atoms with E-state index in [-0.39, 0.29) is 78.2 Å². The van der Waals surface area contributed by atoms with Crippen LogP contribution in [0.5, 0.6) is 11.8 Å². The van der Waals surface area contributed by atoms with Crippen LogP contribution in [0.2, 0.25) is 5.28 Å². The van der Waals surface area contributed by atoms with Crippen molar-refractivity contribution in [1.29, 1.82) is 0 Å². The molecule has 0 aliphatic heterocycles. The van der Waals surface area contributed by atoms with Crippen LogP contribution in [0, 0.1) is 0 Å². The summed E-state index contributed by atoms with van der Waals surface area (Å²) in [5.41, 5.74) is 0.512. The molecule has 62 heavy (non-hydrogen) atoms. The van der Waals surface area contributed by atoms with Crippen molar-refractivity contribution in [1.82, 2.24) is 19.5 Å². The second-order valence-corrected chi connectivity index (χ2v) is 16.1. The summed E-state index contributed by atoms with van der Waals surface area (Å²) in [6, 6.07) is 25.9. The lowest BCUT2D eigenvalue weighted by Gasteiger charge is -2.26. The van der Waals surface area contributed by atoms with E-state index < -0.39 is 32.1 Å². The number of aryl methyl sites for hydroxylation is 1. The molecule has 0 amide bonds. The van der Waals surface area contributed by atoms with Crippen molar-refractivity contribution in [2.45, 2.75) is 14.7 Å². The van der Waals surface area contributed by atoms with Crippen LogP contribution in [0.1, 0.15) is 31.8 Å². The number of rotatable bonds is 15. The Bertz CT molecular complexity index is 3110. The number of nitrogens with zero attached hydrogens (tertiary/aromatic N) is 4. The molecule has 1 aliphatic rings. The lowest BCUT2D eigenvalue weighted by molar-refractivity contribution is -0.432. The maximum Gasteiger partial charge on any atom is 0.328 e. The van der Waals surface area contributed by atoms with E-state index in [2.05, 4.69) is 44.3 Å². The predicted octanol–water partition coefficient (Wildman–Crippen LogP) is 8.20. The van der Waals surface area contributed by atoms with E-state index in [1.807, 2.05) is 0 Å². The molecule has 19 nitrogen and oxygen atoms in total. The average Bonchev–Trinajstić information content (AvgIpc) is 3.26. The van der Waals surface area contributed by atoms with E-state index in [1.54, 1.807) is 72.8 Å². The lowest BCUT2D eigenvalue weighted by atomic mass is 9.80. The van der Waals surface area contributed by atoms with Crippen molar-refractivity contribution in [3.63, 3.8) is 0 Å². The van der Waals surface area contributed by atoms with Gasteiger partial charge in [0.1, 0.15) is 10.6 Å². The minimum absolute atomic E-state index is 0.00123. The minimum Gasteiger partial charge on any atom is -0.424 e. The van der Waals surface area contributed by atoms with Crippen molar-refractivity contribution < 1.29 is 56.6 Å². The average molecular weight is 917 g/mol. The Morgan fingerprint density at radius 1 is 0.774 bits per heavy atom. The Balaban J connectivity index is 1.26. The molecule has 314 valence electrons. The van der Waals surface area contributed by atoms with Crippen LogP contribution in [-0.2, 0) is 35.9 Å². The van der Waals surface area contributed by atoms with Gasteiger partial charge < -0.3 is 19.9 Å². The zero-order valence-electron chi connectivity index (χ0n) is 31.1. The summed E-state index contributed by atoms with van der Waals surface area (Å²) in [5, 5.41) is 30.5. The summed E-state index contributed by atoms with van der Waals surface area (Å²) in [7, 11) is -3.56. The summed E-state index contributed by atoms with van der Waals surface area (Å²) in [5.74, 6) is -1.15. The zero-order chi connectivity index (χ0) is 43.7. The van der Waals surface area contributed by atoms with Gasteiger partial charge in [-0.3, -0.25) is 18.9 Å². The van der Waals surface area contributed by atoms with E-state index in [4.69, 9.17) is 26.9 Å². The van der Waals surface area contributed by atoms with E-state index in [1.165, 1.54) is 35.9 Å². The first-order valence-corrected chi connectivity index (χ1v) is 20.8. The third-order valence-corrected chi connectivity index (χ3v) is 11.6. The summed E-state index contributed by atoms with van der Waals surface area (Å²) in [6.45, 7) is 0. The molecule has 7 aromatic rings. The molecule has 0 bridgehead atoms. The number of carbonyl (C=O) groups excluding carboxylic acids is 2. The highest BCUT2D eigenvalue weighted by Crippen LogP contribution is 2.46. The number of benzene rings is 5. The van der Waals surface area contributed by atoms with Crippen molar-refractivity contribution in [2.75, 3.05) is 10.6 Å². The van der Waals surface area contributed by atoms with Gasteiger partial charge in [0.15, 0.2) is 11.6 Å². The fourth-order valence-corrected chi connectivity index (χ4v) is 8.44. The van der Waals surface area contributed by atoms with Gasteiger partial charge >= 0.3 is 6.01 Å². The molecule has 0 unspecified atom stereocenters. The Kier molecular flexibility index (Phi) is 12.0. The number of fused-ring (bicyclic) bond motifs is 2. The first-order chi connectivity index (χ1) is 29.9. The minimum atomic E-state index is -5.05. The molecule has 2 heterocycles. The molecular formula is C39H25ClN6O13S3. The first kappa shape index (κ1) is 42.4. The second-order valence-electron chi connectivity index (χ2n) is 12.9. The Morgan fingerprint density at radius 3 is 2.18 bits per heavy atom. The maximum absolute atomic E-state index is 14.6. The van der Waals surface area contributed by atoms with Gasteiger partial charge in [0.2, 0.25) is 11.2 Å². The number of pyridine rings is 1. The van der Waals surface area contributed by atoms with Crippen molar-refractivity contribution in [3.8, 4) is 22.9 Å². The van der Waals surface area contributed by atoms with Crippen LogP contribution in [0.15, 0.2) is 123 Å². The molecule has 23 heteroatoms. The number of nitrogens with one attached hydrogen (secondary N) is 2. The Morgan fingerprint density at radius 2 is 1.47 bits per heavy atom. The van der Waals surface area contributed by atoms with Gasteiger partial charge in [-0.25, -0.2) is 10.5 Å². The van der Waals surface area contributed by atoms with Gasteiger partial charge in [-0.05, 0) is 65.7 Å². The number of anilines is 4. The summed E-state index contributed by atoms with van der Waals surface area (Å²) >= 11 is 7.24. The highest BCUT2D eigenvalue weighted by Gasteiger charge is 2.34. The predicted molar refractivity (Wildman–Crippen MR) is 223 cm³/mol. The molecule has 2 aromatic heterocycles. The molecule has 0 spiro atoms. The van der Waals surface area contributed by atoms with Gasteiger partial charge in [0, 0.05) is 34.0 Å². The highest BCUT2D eigenvalue weighted by atomic mass is 35.5. The summed E-state index contributed by atoms with van der Waals surface area (Å²) in [4.78, 5) is 54.6. The maximum atomic E-state index is 14.6.